The predicted octanol–water partition coefficient (Wildman–Crippen LogP) is 3.78. The van der Waals surface area contributed by atoms with Crippen LogP contribution < -0.4 is 5.32 Å². The van der Waals surface area contributed by atoms with Gasteiger partial charge in [-0.1, -0.05) is 19.1 Å². The Kier molecular flexibility index (Phi) is 3.50. The van der Waals surface area contributed by atoms with Gasteiger partial charge in [-0.2, -0.15) is 0 Å². The topological polar surface area (TPSA) is 12.0 Å². The SMILES string of the molecule is CC(C)(C)NCC1CC1(C)Cc1cccc(F)c1. The van der Waals surface area contributed by atoms with Crippen molar-refractivity contribution >= 4 is 0 Å². The number of rotatable bonds is 4. The van der Waals surface area contributed by atoms with Crippen LogP contribution in [-0.4, -0.2) is 12.1 Å². The zero-order chi connectivity index (χ0) is 13.4. The molecule has 0 aromatic heterocycles. The molecule has 1 N–H and O–H groups in total. The highest BCUT2D eigenvalue weighted by atomic mass is 19.1. The molecule has 1 nitrogen and oxygen atoms in total. The molecule has 0 radical (unpaired) electrons. The van der Waals surface area contributed by atoms with Crippen molar-refractivity contribution in [3.63, 3.8) is 0 Å². The van der Waals surface area contributed by atoms with Crippen molar-refractivity contribution in [3.05, 3.63) is 35.6 Å². The Balaban J connectivity index is 1.88. The minimum absolute atomic E-state index is 0.124. The second-order valence-electron chi connectivity index (χ2n) is 6.99. The van der Waals surface area contributed by atoms with Crippen LogP contribution in [0, 0.1) is 17.2 Å². The Morgan fingerprint density at radius 1 is 1.39 bits per heavy atom. The van der Waals surface area contributed by atoms with Crippen LogP contribution in [0.25, 0.3) is 0 Å². The van der Waals surface area contributed by atoms with Crippen LogP contribution in [0.15, 0.2) is 24.3 Å². The van der Waals surface area contributed by atoms with Gasteiger partial charge in [0, 0.05) is 5.54 Å². The van der Waals surface area contributed by atoms with Crippen LogP contribution in [0.3, 0.4) is 0 Å². The number of nitrogens with one attached hydrogen (secondary N) is 1. The van der Waals surface area contributed by atoms with E-state index in [1.54, 1.807) is 12.1 Å². The van der Waals surface area contributed by atoms with E-state index < -0.39 is 0 Å². The number of benzene rings is 1. The van der Waals surface area contributed by atoms with E-state index in [0.29, 0.717) is 5.41 Å². The summed E-state index contributed by atoms with van der Waals surface area (Å²) >= 11 is 0. The fraction of sp³-hybridized carbons (Fsp3) is 0.625. The molecule has 0 bridgehead atoms. The van der Waals surface area contributed by atoms with Crippen LogP contribution in [0.4, 0.5) is 4.39 Å². The first-order chi connectivity index (χ1) is 8.28. The zero-order valence-electron chi connectivity index (χ0n) is 11.9. The summed E-state index contributed by atoms with van der Waals surface area (Å²) in [5.74, 6) is 0.598. The maximum absolute atomic E-state index is 13.2. The lowest BCUT2D eigenvalue weighted by molar-refractivity contribution is 0.387. The van der Waals surface area contributed by atoms with E-state index in [1.807, 2.05) is 6.07 Å². The molecule has 2 unspecified atom stereocenters. The van der Waals surface area contributed by atoms with Crippen LogP contribution >= 0.6 is 0 Å². The molecule has 100 valence electrons. The van der Waals surface area contributed by atoms with Crippen molar-refractivity contribution in [2.24, 2.45) is 11.3 Å². The highest BCUT2D eigenvalue weighted by Crippen LogP contribution is 2.54. The molecule has 1 aliphatic carbocycles. The van der Waals surface area contributed by atoms with Gasteiger partial charge in [0.15, 0.2) is 0 Å². The molecule has 2 rings (SSSR count). The first-order valence-corrected chi connectivity index (χ1v) is 6.78. The second-order valence-corrected chi connectivity index (χ2v) is 6.99. The van der Waals surface area contributed by atoms with Crippen LogP contribution in [0.5, 0.6) is 0 Å². The Labute approximate surface area is 110 Å². The second kappa shape index (κ2) is 4.65. The summed E-state index contributed by atoms with van der Waals surface area (Å²) in [5, 5.41) is 3.56. The van der Waals surface area contributed by atoms with Gasteiger partial charge in [0.25, 0.3) is 0 Å². The fourth-order valence-electron chi connectivity index (χ4n) is 2.58. The normalized spacial score (nSPS) is 27.3. The molecule has 1 fully saturated rings. The quantitative estimate of drug-likeness (QED) is 0.856. The molecule has 0 aliphatic heterocycles. The lowest BCUT2D eigenvalue weighted by Crippen LogP contribution is -2.37. The van der Waals surface area contributed by atoms with E-state index in [-0.39, 0.29) is 11.4 Å². The molecule has 1 saturated carbocycles. The molecule has 1 aromatic carbocycles. The summed E-state index contributed by atoms with van der Waals surface area (Å²) in [7, 11) is 0. The largest absolute Gasteiger partial charge is 0.312 e. The molecule has 2 heteroatoms. The minimum Gasteiger partial charge on any atom is -0.312 e. The van der Waals surface area contributed by atoms with Gasteiger partial charge in [-0.3, -0.25) is 0 Å². The minimum atomic E-state index is -0.124. The number of halogens is 1. The van der Waals surface area contributed by atoms with E-state index in [0.717, 1.165) is 24.4 Å². The van der Waals surface area contributed by atoms with E-state index in [4.69, 9.17) is 0 Å². The van der Waals surface area contributed by atoms with Crippen molar-refractivity contribution in [2.75, 3.05) is 6.54 Å². The highest BCUT2D eigenvalue weighted by molar-refractivity contribution is 5.20. The molecule has 18 heavy (non-hydrogen) atoms. The molecule has 1 aromatic rings. The third kappa shape index (κ3) is 3.55. The van der Waals surface area contributed by atoms with Crippen LogP contribution in [-0.2, 0) is 6.42 Å². The van der Waals surface area contributed by atoms with Gasteiger partial charge in [-0.15, -0.1) is 0 Å². The molecule has 2 atom stereocenters. The Morgan fingerprint density at radius 3 is 2.72 bits per heavy atom. The molecular weight excluding hydrogens is 225 g/mol. The molecule has 0 spiro atoms. The summed E-state index contributed by atoms with van der Waals surface area (Å²) < 4.78 is 13.2. The van der Waals surface area contributed by atoms with Crippen molar-refractivity contribution < 1.29 is 4.39 Å². The number of hydrogen-bond acceptors (Lipinski definition) is 1. The van der Waals surface area contributed by atoms with Crippen LogP contribution in [0.1, 0.15) is 39.7 Å². The van der Waals surface area contributed by atoms with Gasteiger partial charge in [-0.05, 0) is 69.2 Å². The van der Waals surface area contributed by atoms with Crippen molar-refractivity contribution in [1.82, 2.24) is 5.32 Å². The van der Waals surface area contributed by atoms with Crippen molar-refractivity contribution in [1.29, 1.82) is 0 Å². The molecular formula is C16H24FN. The van der Waals surface area contributed by atoms with Crippen molar-refractivity contribution in [3.8, 4) is 0 Å². The maximum atomic E-state index is 13.2. The first-order valence-electron chi connectivity index (χ1n) is 6.78. The van der Waals surface area contributed by atoms with Gasteiger partial charge in [0.2, 0.25) is 0 Å². The predicted molar refractivity (Wildman–Crippen MR) is 74.1 cm³/mol. The zero-order valence-corrected chi connectivity index (χ0v) is 11.9. The highest BCUT2D eigenvalue weighted by Gasteiger charge is 2.49. The monoisotopic (exact) mass is 249 g/mol. The van der Waals surface area contributed by atoms with Crippen molar-refractivity contribution in [2.45, 2.75) is 46.1 Å². The van der Waals surface area contributed by atoms with Gasteiger partial charge in [0.1, 0.15) is 5.82 Å². The van der Waals surface area contributed by atoms with E-state index >= 15 is 0 Å². The summed E-state index contributed by atoms with van der Waals surface area (Å²) in [5.41, 5.74) is 1.66. The van der Waals surface area contributed by atoms with Crippen LogP contribution in [0.2, 0.25) is 0 Å². The third-order valence-electron chi connectivity index (χ3n) is 3.91. The van der Waals surface area contributed by atoms with E-state index in [9.17, 15) is 4.39 Å². The fourth-order valence-corrected chi connectivity index (χ4v) is 2.58. The average Bonchev–Trinajstić information content (AvgIpc) is 2.85. The molecule has 0 amide bonds. The lowest BCUT2D eigenvalue weighted by Gasteiger charge is -2.21. The van der Waals surface area contributed by atoms with Gasteiger partial charge in [-0.25, -0.2) is 4.39 Å². The summed E-state index contributed by atoms with van der Waals surface area (Å²) in [6.45, 7) is 9.96. The van der Waals surface area contributed by atoms with Gasteiger partial charge < -0.3 is 5.32 Å². The molecule has 0 saturated heterocycles. The van der Waals surface area contributed by atoms with Gasteiger partial charge in [0.05, 0.1) is 0 Å². The summed E-state index contributed by atoms with van der Waals surface area (Å²) in [4.78, 5) is 0. The molecule has 1 aliphatic rings. The Morgan fingerprint density at radius 2 is 2.11 bits per heavy atom. The van der Waals surface area contributed by atoms with E-state index in [2.05, 4.69) is 33.0 Å². The summed E-state index contributed by atoms with van der Waals surface area (Å²) in [6.07, 6.45) is 2.23. The Hall–Kier alpha value is -0.890. The van der Waals surface area contributed by atoms with E-state index in [1.165, 1.54) is 12.5 Å². The maximum Gasteiger partial charge on any atom is 0.123 e. The third-order valence-corrected chi connectivity index (χ3v) is 3.91. The Bertz CT molecular complexity index is 421. The smallest absolute Gasteiger partial charge is 0.123 e. The first kappa shape index (κ1) is 13.5. The molecule has 0 heterocycles. The summed E-state index contributed by atoms with van der Waals surface area (Å²) in [6, 6.07) is 7.01. The average molecular weight is 249 g/mol. The standard InChI is InChI=1S/C16H24FN/c1-15(2,3)18-11-13-10-16(13,4)9-12-6-5-7-14(17)8-12/h5-8,13,18H,9-11H2,1-4H3. The lowest BCUT2D eigenvalue weighted by atomic mass is 9.95. The van der Waals surface area contributed by atoms with Gasteiger partial charge >= 0.3 is 0 Å². The number of hydrogen-bond donors (Lipinski definition) is 1.